The van der Waals surface area contributed by atoms with Crippen molar-refractivity contribution < 1.29 is 17.9 Å². The first-order valence-corrected chi connectivity index (χ1v) is 10.1. The molecule has 1 aromatic rings. The second kappa shape index (κ2) is 7.80. The SMILES string of the molecule is N#Cc1ccc(S(=O)(=O)N2CCN(C(=O)N3CCOCC3)CC2)cc1Cl. The summed E-state index contributed by atoms with van der Waals surface area (Å²) in [6.07, 6.45) is 0. The summed E-state index contributed by atoms with van der Waals surface area (Å²) in [5.74, 6) is 0. The number of piperazine rings is 1. The molecular weight excluding hydrogens is 380 g/mol. The van der Waals surface area contributed by atoms with Crippen molar-refractivity contribution in [1.29, 1.82) is 5.26 Å². The normalized spacial score (nSPS) is 19.2. The molecule has 26 heavy (non-hydrogen) atoms. The molecule has 0 aromatic heterocycles. The van der Waals surface area contributed by atoms with Crippen molar-refractivity contribution >= 4 is 27.7 Å². The standard InChI is InChI=1S/C16H19ClN4O4S/c17-15-11-14(2-1-13(15)12-18)26(23,24)21-5-3-19(4-6-21)16(22)20-7-9-25-10-8-20/h1-2,11H,3-10H2. The lowest BCUT2D eigenvalue weighted by Gasteiger charge is -2.38. The van der Waals surface area contributed by atoms with Crippen LogP contribution < -0.4 is 0 Å². The van der Waals surface area contributed by atoms with Crippen LogP contribution in [0.1, 0.15) is 5.56 Å². The van der Waals surface area contributed by atoms with E-state index in [-0.39, 0.29) is 34.6 Å². The Hall–Kier alpha value is -1.86. The van der Waals surface area contributed by atoms with Crippen LogP contribution in [0, 0.1) is 11.3 Å². The zero-order valence-electron chi connectivity index (χ0n) is 14.1. The van der Waals surface area contributed by atoms with Crippen molar-refractivity contribution in [2.24, 2.45) is 0 Å². The largest absolute Gasteiger partial charge is 0.378 e. The maximum atomic E-state index is 12.8. The summed E-state index contributed by atoms with van der Waals surface area (Å²) < 4.78 is 32.1. The van der Waals surface area contributed by atoms with Crippen molar-refractivity contribution in [2.45, 2.75) is 4.90 Å². The molecule has 0 bridgehead atoms. The number of urea groups is 1. The van der Waals surface area contributed by atoms with Gasteiger partial charge in [0.1, 0.15) is 6.07 Å². The van der Waals surface area contributed by atoms with Gasteiger partial charge >= 0.3 is 6.03 Å². The molecule has 10 heteroatoms. The van der Waals surface area contributed by atoms with E-state index in [2.05, 4.69) is 0 Å². The van der Waals surface area contributed by atoms with E-state index < -0.39 is 10.0 Å². The summed E-state index contributed by atoms with van der Waals surface area (Å²) >= 11 is 5.95. The molecule has 0 spiro atoms. The molecular formula is C16H19ClN4O4S. The van der Waals surface area contributed by atoms with E-state index in [4.69, 9.17) is 21.6 Å². The fourth-order valence-corrected chi connectivity index (χ4v) is 4.71. The molecule has 8 nitrogen and oxygen atoms in total. The molecule has 0 saturated carbocycles. The third-order valence-electron chi connectivity index (χ3n) is 4.49. The Kier molecular flexibility index (Phi) is 5.67. The van der Waals surface area contributed by atoms with Crippen molar-refractivity contribution in [3.8, 4) is 6.07 Å². The molecule has 2 amide bonds. The van der Waals surface area contributed by atoms with Gasteiger partial charge in [0.15, 0.2) is 0 Å². The van der Waals surface area contributed by atoms with E-state index in [1.807, 2.05) is 6.07 Å². The summed E-state index contributed by atoms with van der Waals surface area (Å²) in [4.78, 5) is 15.9. The van der Waals surface area contributed by atoms with E-state index in [1.54, 1.807) is 9.80 Å². The molecule has 2 saturated heterocycles. The molecule has 0 aliphatic carbocycles. The molecule has 2 aliphatic rings. The number of nitrogens with zero attached hydrogens (tertiary/aromatic N) is 4. The molecule has 1 aromatic carbocycles. The quantitative estimate of drug-likeness (QED) is 0.739. The van der Waals surface area contributed by atoms with Gasteiger partial charge in [-0.2, -0.15) is 9.57 Å². The number of sulfonamides is 1. The van der Waals surface area contributed by atoms with Gasteiger partial charge in [-0.05, 0) is 18.2 Å². The predicted octanol–water partition coefficient (Wildman–Crippen LogP) is 0.970. The Labute approximate surface area is 157 Å². The predicted molar refractivity (Wildman–Crippen MR) is 94.3 cm³/mol. The summed E-state index contributed by atoms with van der Waals surface area (Å²) in [7, 11) is -3.72. The number of rotatable bonds is 2. The number of halogens is 1. The van der Waals surface area contributed by atoms with Crippen LogP contribution in [0.5, 0.6) is 0 Å². The third kappa shape index (κ3) is 3.78. The van der Waals surface area contributed by atoms with Crippen molar-refractivity contribution in [3.63, 3.8) is 0 Å². The number of morpholine rings is 1. The topological polar surface area (TPSA) is 93.9 Å². The lowest BCUT2D eigenvalue weighted by Crippen LogP contribution is -2.55. The first-order valence-electron chi connectivity index (χ1n) is 8.25. The zero-order chi connectivity index (χ0) is 18.7. The lowest BCUT2D eigenvalue weighted by atomic mass is 10.2. The molecule has 3 rings (SSSR count). The molecule has 2 heterocycles. The van der Waals surface area contributed by atoms with E-state index in [1.165, 1.54) is 22.5 Å². The number of amides is 2. The molecule has 140 valence electrons. The second-order valence-electron chi connectivity index (χ2n) is 6.03. The number of carbonyl (C=O) groups is 1. The Bertz CT molecular complexity index is 825. The van der Waals surface area contributed by atoms with Crippen LogP contribution in [0.2, 0.25) is 5.02 Å². The number of hydrogen-bond acceptors (Lipinski definition) is 5. The second-order valence-corrected chi connectivity index (χ2v) is 8.37. The Morgan fingerprint density at radius 1 is 1.08 bits per heavy atom. The van der Waals surface area contributed by atoms with Gasteiger partial charge in [0.25, 0.3) is 0 Å². The average molecular weight is 399 g/mol. The summed E-state index contributed by atoms with van der Waals surface area (Å²) in [6, 6.07) is 5.90. The minimum Gasteiger partial charge on any atom is -0.378 e. The highest BCUT2D eigenvalue weighted by Crippen LogP contribution is 2.24. The van der Waals surface area contributed by atoms with Crippen LogP contribution in [0.3, 0.4) is 0 Å². The van der Waals surface area contributed by atoms with Gasteiger partial charge in [-0.15, -0.1) is 0 Å². The molecule has 0 unspecified atom stereocenters. The first-order chi connectivity index (χ1) is 12.4. The van der Waals surface area contributed by atoms with Crippen molar-refractivity contribution in [2.75, 3.05) is 52.5 Å². The first kappa shape index (κ1) is 18.9. The Morgan fingerprint density at radius 3 is 2.27 bits per heavy atom. The molecule has 0 N–H and O–H groups in total. The molecule has 0 radical (unpaired) electrons. The van der Waals surface area contributed by atoms with E-state index in [9.17, 15) is 13.2 Å². The number of hydrogen-bond donors (Lipinski definition) is 0. The minimum atomic E-state index is -3.72. The van der Waals surface area contributed by atoms with Gasteiger partial charge in [0.05, 0.1) is 28.7 Å². The highest BCUT2D eigenvalue weighted by molar-refractivity contribution is 7.89. The highest BCUT2D eigenvalue weighted by Gasteiger charge is 2.32. The minimum absolute atomic E-state index is 0.0504. The van der Waals surface area contributed by atoms with Gasteiger partial charge in [0, 0.05) is 39.3 Å². The summed E-state index contributed by atoms with van der Waals surface area (Å²) in [5.41, 5.74) is 0.228. The van der Waals surface area contributed by atoms with Gasteiger partial charge < -0.3 is 14.5 Å². The van der Waals surface area contributed by atoms with Crippen LogP contribution in [0.15, 0.2) is 23.1 Å². The zero-order valence-corrected chi connectivity index (χ0v) is 15.7. The van der Waals surface area contributed by atoms with E-state index >= 15 is 0 Å². The fraction of sp³-hybridized carbons (Fsp3) is 0.500. The van der Waals surface area contributed by atoms with Gasteiger partial charge in [0.2, 0.25) is 10.0 Å². The monoisotopic (exact) mass is 398 g/mol. The number of benzene rings is 1. The number of carbonyl (C=O) groups excluding carboxylic acids is 1. The summed E-state index contributed by atoms with van der Waals surface area (Å²) in [5, 5.41) is 9.01. The van der Waals surface area contributed by atoms with Gasteiger partial charge in [-0.25, -0.2) is 13.2 Å². The van der Waals surface area contributed by atoms with Crippen LogP contribution in [-0.2, 0) is 14.8 Å². The van der Waals surface area contributed by atoms with Gasteiger partial charge in [-0.1, -0.05) is 11.6 Å². The Morgan fingerprint density at radius 2 is 1.69 bits per heavy atom. The fourth-order valence-electron chi connectivity index (χ4n) is 2.97. The maximum Gasteiger partial charge on any atom is 0.320 e. The smallest absolute Gasteiger partial charge is 0.320 e. The Balaban J connectivity index is 1.66. The molecule has 2 fully saturated rings. The third-order valence-corrected chi connectivity index (χ3v) is 6.70. The van der Waals surface area contributed by atoms with E-state index in [0.717, 1.165) is 0 Å². The highest BCUT2D eigenvalue weighted by atomic mass is 35.5. The van der Waals surface area contributed by atoms with Crippen molar-refractivity contribution in [1.82, 2.24) is 14.1 Å². The van der Waals surface area contributed by atoms with Crippen molar-refractivity contribution in [3.05, 3.63) is 28.8 Å². The average Bonchev–Trinajstić information content (AvgIpc) is 2.68. The number of ether oxygens (including phenoxy) is 1. The van der Waals surface area contributed by atoms with Crippen LogP contribution >= 0.6 is 11.6 Å². The lowest BCUT2D eigenvalue weighted by molar-refractivity contribution is 0.0405. The van der Waals surface area contributed by atoms with Crippen LogP contribution in [-0.4, -0.2) is 81.0 Å². The van der Waals surface area contributed by atoms with Gasteiger partial charge in [-0.3, -0.25) is 0 Å². The molecule has 0 atom stereocenters. The van der Waals surface area contributed by atoms with Crippen LogP contribution in [0.25, 0.3) is 0 Å². The summed E-state index contributed by atoms with van der Waals surface area (Å²) in [6.45, 7) is 3.27. The number of nitriles is 1. The van der Waals surface area contributed by atoms with E-state index in [0.29, 0.717) is 39.4 Å². The molecule has 2 aliphatic heterocycles. The van der Waals surface area contributed by atoms with Crippen LogP contribution in [0.4, 0.5) is 4.79 Å². The maximum absolute atomic E-state index is 12.8.